The standard InChI is InChI=1S/C9H18N4O3S/c1-7(14)4-5-13(3)17(15,16)8-6-12(2)11-9(8)10/h6-7,14H,4-5H2,1-3H3,(H2,10,11). The molecule has 1 rings (SSSR count). The highest BCUT2D eigenvalue weighted by Gasteiger charge is 2.25. The first-order valence-electron chi connectivity index (χ1n) is 5.18. The highest BCUT2D eigenvalue weighted by molar-refractivity contribution is 7.89. The van der Waals surface area contributed by atoms with Gasteiger partial charge in [0.1, 0.15) is 4.90 Å². The maximum absolute atomic E-state index is 12.1. The van der Waals surface area contributed by atoms with Crippen molar-refractivity contribution in [3.63, 3.8) is 0 Å². The van der Waals surface area contributed by atoms with E-state index >= 15 is 0 Å². The van der Waals surface area contributed by atoms with E-state index in [4.69, 9.17) is 10.8 Å². The first-order valence-corrected chi connectivity index (χ1v) is 6.62. The minimum absolute atomic E-state index is 0.00640. The molecule has 0 saturated heterocycles. The Kier molecular flexibility index (Phi) is 4.12. The molecule has 0 radical (unpaired) electrons. The molecule has 0 aliphatic rings. The van der Waals surface area contributed by atoms with Gasteiger partial charge in [0, 0.05) is 26.8 Å². The summed E-state index contributed by atoms with van der Waals surface area (Å²) >= 11 is 0. The summed E-state index contributed by atoms with van der Waals surface area (Å²) in [6, 6.07) is 0. The van der Waals surface area contributed by atoms with Gasteiger partial charge in [0.25, 0.3) is 0 Å². The second kappa shape index (κ2) is 5.03. The molecule has 3 N–H and O–H groups in total. The first kappa shape index (κ1) is 13.9. The predicted octanol–water partition coefficient (Wildman–Crippen LogP) is -0.606. The van der Waals surface area contributed by atoms with Crippen LogP contribution in [-0.4, -0.2) is 47.3 Å². The van der Waals surface area contributed by atoms with Crippen molar-refractivity contribution in [3.8, 4) is 0 Å². The van der Waals surface area contributed by atoms with Crippen molar-refractivity contribution < 1.29 is 13.5 Å². The van der Waals surface area contributed by atoms with Crippen molar-refractivity contribution in [2.45, 2.75) is 24.3 Å². The van der Waals surface area contributed by atoms with Crippen molar-refractivity contribution in [3.05, 3.63) is 6.20 Å². The Bertz CT molecular complexity index is 480. The first-order chi connectivity index (χ1) is 7.75. The SMILES string of the molecule is CC(O)CCN(C)S(=O)(=O)c1cn(C)nc1N. The van der Waals surface area contributed by atoms with Gasteiger partial charge >= 0.3 is 0 Å². The summed E-state index contributed by atoms with van der Waals surface area (Å²) in [5.41, 5.74) is 5.53. The van der Waals surface area contributed by atoms with Crippen LogP contribution in [0, 0.1) is 0 Å². The van der Waals surface area contributed by atoms with Crippen LogP contribution in [0.3, 0.4) is 0 Å². The minimum Gasteiger partial charge on any atom is -0.393 e. The van der Waals surface area contributed by atoms with E-state index < -0.39 is 16.1 Å². The van der Waals surface area contributed by atoms with E-state index in [0.29, 0.717) is 6.42 Å². The third-order valence-electron chi connectivity index (χ3n) is 2.37. The van der Waals surface area contributed by atoms with Crippen molar-refractivity contribution >= 4 is 15.8 Å². The maximum atomic E-state index is 12.1. The summed E-state index contributed by atoms with van der Waals surface area (Å²) in [6.45, 7) is 1.84. The molecule has 0 aliphatic carbocycles. The lowest BCUT2D eigenvalue weighted by atomic mass is 10.3. The van der Waals surface area contributed by atoms with Crippen molar-refractivity contribution in [2.75, 3.05) is 19.3 Å². The number of sulfonamides is 1. The van der Waals surface area contributed by atoms with Crippen LogP contribution in [-0.2, 0) is 17.1 Å². The number of aromatic nitrogens is 2. The number of nitrogens with zero attached hydrogens (tertiary/aromatic N) is 3. The fourth-order valence-electron chi connectivity index (χ4n) is 1.34. The summed E-state index contributed by atoms with van der Waals surface area (Å²) in [7, 11) is -0.580. The molecule has 0 saturated carbocycles. The van der Waals surface area contributed by atoms with Gasteiger partial charge in [-0.25, -0.2) is 12.7 Å². The lowest BCUT2D eigenvalue weighted by molar-refractivity contribution is 0.177. The molecule has 98 valence electrons. The number of rotatable bonds is 5. The molecule has 0 amide bonds. The molecule has 0 aromatic carbocycles. The molecular formula is C9H18N4O3S. The Hall–Kier alpha value is -1.12. The molecule has 17 heavy (non-hydrogen) atoms. The third kappa shape index (κ3) is 3.18. The zero-order valence-electron chi connectivity index (χ0n) is 10.2. The van der Waals surface area contributed by atoms with Crippen molar-refractivity contribution in [1.82, 2.24) is 14.1 Å². The van der Waals surface area contributed by atoms with Gasteiger partial charge in [0.2, 0.25) is 10.0 Å². The van der Waals surface area contributed by atoms with Crippen LogP contribution < -0.4 is 5.73 Å². The lowest BCUT2D eigenvalue weighted by Crippen LogP contribution is -2.29. The normalized spacial score (nSPS) is 14.2. The number of hydrogen-bond donors (Lipinski definition) is 2. The average Bonchev–Trinajstić information content (AvgIpc) is 2.54. The molecule has 1 heterocycles. The topological polar surface area (TPSA) is 101 Å². The number of nitrogens with two attached hydrogens (primary N) is 1. The van der Waals surface area contributed by atoms with Gasteiger partial charge in [-0.2, -0.15) is 5.10 Å². The number of nitrogen functional groups attached to an aromatic ring is 1. The molecule has 1 aromatic heterocycles. The van der Waals surface area contributed by atoms with Gasteiger partial charge in [-0.05, 0) is 13.3 Å². The van der Waals surface area contributed by atoms with E-state index in [1.54, 1.807) is 14.0 Å². The van der Waals surface area contributed by atoms with Gasteiger partial charge in [-0.15, -0.1) is 0 Å². The second-order valence-electron chi connectivity index (χ2n) is 4.02. The van der Waals surface area contributed by atoms with Crippen molar-refractivity contribution in [1.29, 1.82) is 0 Å². The maximum Gasteiger partial charge on any atom is 0.248 e. The Morgan fingerprint density at radius 3 is 2.65 bits per heavy atom. The molecule has 8 heteroatoms. The van der Waals surface area contributed by atoms with Gasteiger partial charge in [-0.3, -0.25) is 4.68 Å². The summed E-state index contributed by atoms with van der Waals surface area (Å²) < 4.78 is 26.7. The van der Waals surface area contributed by atoms with Crippen LogP contribution in [0.4, 0.5) is 5.82 Å². The van der Waals surface area contributed by atoms with E-state index in [9.17, 15) is 8.42 Å². The van der Waals surface area contributed by atoms with Gasteiger partial charge in [-0.1, -0.05) is 0 Å². The van der Waals surface area contributed by atoms with Crippen LogP contribution in [0.1, 0.15) is 13.3 Å². The minimum atomic E-state index is -3.63. The number of aryl methyl sites for hydroxylation is 1. The molecule has 1 atom stereocenters. The number of anilines is 1. The summed E-state index contributed by atoms with van der Waals surface area (Å²) in [5, 5.41) is 12.9. The zero-order chi connectivity index (χ0) is 13.2. The second-order valence-corrected chi connectivity index (χ2v) is 6.03. The van der Waals surface area contributed by atoms with Crippen LogP contribution in [0.5, 0.6) is 0 Å². The third-order valence-corrected chi connectivity index (χ3v) is 4.25. The van der Waals surface area contributed by atoms with Crippen LogP contribution in [0.2, 0.25) is 0 Å². The predicted molar refractivity (Wildman–Crippen MR) is 63.7 cm³/mol. The monoisotopic (exact) mass is 262 g/mol. The quantitative estimate of drug-likeness (QED) is 0.737. The Balaban J connectivity index is 2.91. The molecule has 0 spiro atoms. The highest BCUT2D eigenvalue weighted by atomic mass is 32.2. The number of aliphatic hydroxyl groups excluding tert-OH is 1. The van der Waals surface area contributed by atoms with E-state index in [-0.39, 0.29) is 17.3 Å². The Morgan fingerprint density at radius 2 is 2.24 bits per heavy atom. The smallest absolute Gasteiger partial charge is 0.248 e. The number of hydrogen-bond acceptors (Lipinski definition) is 5. The fourth-order valence-corrected chi connectivity index (χ4v) is 2.61. The summed E-state index contributed by atoms with van der Waals surface area (Å²) in [6.07, 6.45) is 1.19. The van der Waals surface area contributed by atoms with Crippen molar-refractivity contribution in [2.24, 2.45) is 7.05 Å². The number of aliphatic hydroxyl groups is 1. The highest BCUT2D eigenvalue weighted by Crippen LogP contribution is 2.19. The molecule has 1 unspecified atom stereocenters. The molecule has 7 nitrogen and oxygen atoms in total. The van der Waals surface area contributed by atoms with Gasteiger partial charge in [0.15, 0.2) is 5.82 Å². The molecule has 0 aliphatic heterocycles. The lowest BCUT2D eigenvalue weighted by Gasteiger charge is -2.17. The molecule has 0 bridgehead atoms. The average molecular weight is 262 g/mol. The van der Waals surface area contributed by atoms with Crippen LogP contribution in [0.15, 0.2) is 11.1 Å². The van der Waals surface area contributed by atoms with E-state index in [1.807, 2.05) is 0 Å². The zero-order valence-corrected chi connectivity index (χ0v) is 11.0. The summed E-state index contributed by atoms with van der Waals surface area (Å²) in [4.78, 5) is -0.00640. The Morgan fingerprint density at radius 1 is 1.65 bits per heavy atom. The fraction of sp³-hybridized carbons (Fsp3) is 0.667. The summed E-state index contributed by atoms with van der Waals surface area (Å²) in [5.74, 6) is -0.0172. The van der Waals surface area contributed by atoms with E-state index in [2.05, 4.69) is 5.10 Å². The Labute approximate surface area is 101 Å². The molecule has 0 fully saturated rings. The molecular weight excluding hydrogens is 244 g/mol. The van der Waals surface area contributed by atoms with Crippen LogP contribution in [0.25, 0.3) is 0 Å². The van der Waals surface area contributed by atoms with E-state index in [0.717, 1.165) is 4.31 Å². The van der Waals surface area contributed by atoms with Gasteiger partial charge in [0.05, 0.1) is 6.10 Å². The van der Waals surface area contributed by atoms with E-state index in [1.165, 1.54) is 17.9 Å². The van der Waals surface area contributed by atoms with Crippen LogP contribution >= 0.6 is 0 Å². The largest absolute Gasteiger partial charge is 0.393 e. The molecule has 1 aromatic rings. The van der Waals surface area contributed by atoms with Gasteiger partial charge < -0.3 is 10.8 Å².